The average Bonchev–Trinajstić information content (AvgIpc) is 2.81. The van der Waals surface area contributed by atoms with Gasteiger partial charge in [-0.25, -0.2) is 4.79 Å². The van der Waals surface area contributed by atoms with Crippen molar-refractivity contribution in [3.63, 3.8) is 0 Å². The topological polar surface area (TPSA) is 123 Å². The number of benzene rings is 1. The molecular weight excluding hydrogens is 410 g/mol. The first-order valence-corrected chi connectivity index (χ1v) is 11.6. The molecule has 0 unspecified atom stereocenters. The molecule has 0 spiro atoms. The van der Waals surface area contributed by atoms with Crippen LogP contribution in [0.15, 0.2) is 33.9 Å². The van der Waals surface area contributed by atoms with E-state index in [0.29, 0.717) is 43.3 Å². The molecule has 2 aromatic rings. The molecule has 3 heterocycles. The van der Waals surface area contributed by atoms with Crippen LogP contribution in [-0.2, 0) is 16.1 Å². The standard InChI is InChI=1S/C23H31N5O4/c24-21(31)23(27-12-4-1-5-13-27)10-15-26(16-11-23)19(29)9-6-14-28-20(30)17-7-2-3-8-18(17)25-22(28)32/h2-3,7-8H,1,4-6,9-16H2,(H2,24,31)(H,25,32)/p+1. The molecule has 1 aromatic heterocycles. The van der Waals surface area contributed by atoms with Gasteiger partial charge in [-0.3, -0.25) is 19.0 Å². The molecule has 32 heavy (non-hydrogen) atoms. The highest BCUT2D eigenvalue weighted by Crippen LogP contribution is 2.21. The number of nitrogens with one attached hydrogen (secondary N) is 2. The summed E-state index contributed by atoms with van der Waals surface area (Å²) in [5, 5.41) is 0.456. The number of likely N-dealkylation sites (tertiary alicyclic amines) is 2. The van der Waals surface area contributed by atoms with Gasteiger partial charge < -0.3 is 20.5 Å². The molecule has 2 amide bonds. The second-order valence-corrected chi connectivity index (χ2v) is 9.03. The van der Waals surface area contributed by atoms with Crippen molar-refractivity contribution in [2.75, 3.05) is 26.2 Å². The lowest BCUT2D eigenvalue weighted by atomic mass is 9.83. The fraction of sp³-hybridized carbons (Fsp3) is 0.565. The lowest BCUT2D eigenvalue weighted by molar-refractivity contribution is -0.948. The number of primary amides is 1. The number of rotatable bonds is 6. The number of hydrogen-bond acceptors (Lipinski definition) is 4. The highest BCUT2D eigenvalue weighted by molar-refractivity contribution is 5.84. The molecule has 4 N–H and O–H groups in total. The molecule has 0 bridgehead atoms. The second-order valence-electron chi connectivity index (χ2n) is 9.03. The lowest BCUT2D eigenvalue weighted by Crippen LogP contribution is -3.22. The van der Waals surface area contributed by atoms with Gasteiger partial charge >= 0.3 is 5.69 Å². The fourth-order valence-corrected chi connectivity index (χ4v) is 5.32. The third-order valence-corrected chi connectivity index (χ3v) is 7.24. The molecule has 4 rings (SSSR count). The third kappa shape index (κ3) is 4.21. The van der Waals surface area contributed by atoms with E-state index >= 15 is 0 Å². The maximum atomic E-state index is 12.8. The number of aromatic nitrogens is 2. The Bertz CT molecular complexity index is 1110. The van der Waals surface area contributed by atoms with Crippen LogP contribution in [-0.4, -0.2) is 58.0 Å². The molecule has 9 heteroatoms. The summed E-state index contributed by atoms with van der Waals surface area (Å²) in [7, 11) is 0. The number of carbonyl (C=O) groups is 2. The van der Waals surface area contributed by atoms with Crippen LogP contribution in [0.2, 0.25) is 0 Å². The fourth-order valence-electron chi connectivity index (χ4n) is 5.32. The monoisotopic (exact) mass is 442 g/mol. The number of fused-ring (bicyclic) bond motifs is 1. The second kappa shape index (κ2) is 9.28. The minimum absolute atomic E-state index is 0.0121. The van der Waals surface area contributed by atoms with E-state index in [1.54, 1.807) is 29.2 Å². The number of piperidine rings is 2. The van der Waals surface area contributed by atoms with Crippen LogP contribution in [0.5, 0.6) is 0 Å². The minimum atomic E-state index is -0.567. The number of H-pyrrole nitrogens is 1. The van der Waals surface area contributed by atoms with Crippen LogP contribution in [0, 0.1) is 0 Å². The normalized spacial score (nSPS) is 19.2. The molecule has 9 nitrogen and oxygen atoms in total. The van der Waals surface area contributed by atoms with Crippen LogP contribution in [0.25, 0.3) is 10.9 Å². The van der Waals surface area contributed by atoms with Gasteiger partial charge in [-0.05, 0) is 37.8 Å². The van der Waals surface area contributed by atoms with Crippen LogP contribution in [0.1, 0.15) is 44.9 Å². The van der Waals surface area contributed by atoms with E-state index in [-0.39, 0.29) is 30.3 Å². The molecule has 0 atom stereocenters. The summed E-state index contributed by atoms with van der Waals surface area (Å²) < 4.78 is 1.16. The first kappa shape index (κ1) is 22.3. The molecule has 172 valence electrons. The van der Waals surface area contributed by atoms with Gasteiger partial charge in [-0.2, -0.15) is 0 Å². The summed E-state index contributed by atoms with van der Waals surface area (Å²) >= 11 is 0. The zero-order chi connectivity index (χ0) is 22.7. The van der Waals surface area contributed by atoms with E-state index in [1.807, 2.05) is 0 Å². The molecule has 0 aliphatic carbocycles. The van der Waals surface area contributed by atoms with Crippen molar-refractivity contribution in [1.29, 1.82) is 0 Å². The van der Waals surface area contributed by atoms with Gasteiger partial charge in [-0.15, -0.1) is 0 Å². The largest absolute Gasteiger partial charge is 0.364 e. The van der Waals surface area contributed by atoms with Crippen LogP contribution in [0.4, 0.5) is 0 Å². The maximum Gasteiger partial charge on any atom is 0.328 e. The number of nitrogens with zero attached hydrogens (tertiary/aromatic N) is 2. The van der Waals surface area contributed by atoms with Crippen molar-refractivity contribution >= 4 is 22.7 Å². The van der Waals surface area contributed by atoms with Gasteiger partial charge in [0, 0.05) is 38.9 Å². The highest BCUT2D eigenvalue weighted by Gasteiger charge is 2.49. The zero-order valence-corrected chi connectivity index (χ0v) is 18.4. The Kier molecular flexibility index (Phi) is 6.45. The van der Waals surface area contributed by atoms with E-state index in [9.17, 15) is 19.2 Å². The number of amides is 2. The maximum absolute atomic E-state index is 12.8. The predicted molar refractivity (Wildman–Crippen MR) is 120 cm³/mol. The number of para-hydroxylation sites is 1. The highest BCUT2D eigenvalue weighted by atomic mass is 16.2. The Morgan fingerprint density at radius 3 is 2.44 bits per heavy atom. The van der Waals surface area contributed by atoms with E-state index in [2.05, 4.69) is 4.98 Å². The van der Waals surface area contributed by atoms with Gasteiger partial charge in [0.15, 0.2) is 5.54 Å². The van der Waals surface area contributed by atoms with Crippen LogP contribution in [0.3, 0.4) is 0 Å². The van der Waals surface area contributed by atoms with Crippen molar-refractivity contribution in [2.45, 2.75) is 57.0 Å². The number of hydrogen-bond donors (Lipinski definition) is 3. The van der Waals surface area contributed by atoms with Crippen LogP contribution < -0.4 is 21.9 Å². The summed E-state index contributed by atoms with van der Waals surface area (Å²) in [6.45, 7) is 3.14. The summed E-state index contributed by atoms with van der Waals surface area (Å²) in [5.41, 5.74) is 4.98. The first-order chi connectivity index (χ1) is 15.4. The molecule has 2 saturated heterocycles. The van der Waals surface area contributed by atoms with Gasteiger partial charge in [0.05, 0.1) is 24.0 Å². The van der Waals surface area contributed by atoms with E-state index in [0.717, 1.165) is 30.5 Å². The zero-order valence-electron chi connectivity index (χ0n) is 18.4. The van der Waals surface area contributed by atoms with Gasteiger partial charge in [0.1, 0.15) is 0 Å². The number of quaternary nitrogens is 1. The van der Waals surface area contributed by atoms with Crippen molar-refractivity contribution in [1.82, 2.24) is 14.5 Å². The molecule has 0 saturated carbocycles. The van der Waals surface area contributed by atoms with Gasteiger partial charge in [0.25, 0.3) is 11.5 Å². The summed E-state index contributed by atoms with van der Waals surface area (Å²) in [4.78, 5) is 55.8. The molecule has 2 aliphatic heterocycles. The molecule has 1 aromatic carbocycles. The van der Waals surface area contributed by atoms with Crippen molar-refractivity contribution in [3.05, 3.63) is 45.1 Å². The quantitative estimate of drug-likeness (QED) is 0.552. The first-order valence-electron chi connectivity index (χ1n) is 11.6. The van der Waals surface area contributed by atoms with Gasteiger partial charge in [-0.1, -0.05) is 12.1 Å². The van der Waals surface area contributed by atoms with E-state index in [1.165, 1.54) is 11.3 Å². The Labute approximate surface area is 186 Å². The minimum Gasteiger partial charge on any atom is -0.364 e. The molecule has 0 radical (unpaired) electrons. The molecule has 2 aliphatic rings. The molecular formula is C23H32N5O4+. The van der Waals surface area contributed by atoms with Crippen LogP contribution >= 0.6 is 0 Å². The Morgan fingerprint density at radius 2 is 1.75 bits per heavy atom. The number of aromatic amines is 1. The summed E-state index contributed by atoms with van der Waals surface area (Å²) in [6.07, 6.45) is 5.25. The smallest absolute Gasteiger partial charge is 0.328 e. The summed E-state index contributed by atoms with van der Waals surface area (Å²) in [6, 6.07) is 6.89. The van der Waals surface area contributed by atoms with Crippen molar-refractivity contribution < 1.29 is 14.5 Å². The Morgan fingerprint density at radius 1 is 1.06 bits per heavy atom. The molecule has 2 fully saturated rings. The lowest BCUT2D eigenvalue weighted by Gasteiger charge is -2.45. The van der Waals surface area contributed by atoms with Crippen molar-refractivity contribution in [2.24, 2.45) is 5.73 Å². The van der Waals surface area contributed by atoms with E-state index < -0.39 is 11.2 Å². The summed E-state index contributed by atoms with van der Waals surface area (Å²) in [5.74, 6) is -0.265. The SMILES string of the molecule is NC(=O)C1([NH+]2CCCCC2)CCN(C(=O)CCCn2c(=O)[nH]c3ccccc3c2=O)CC1. The van der Waals surface area contributed by atoms with E-state index in [4.69, 9.17) is 5.73 Å². The third-order valence-electron chi connectivity index (χ3n) is 7.24. The van der Waals surface area contributed by atoms with Crippen molar-refractivity contribution in [3.8, 4) is 0 Å². The average molecular weight is 443 g/mol. The Hall–Kier alpha value is -2.94. The number of carbonyl (C=O) groups excluding carboxylic acids is 2. The predicted octanol–water partition coefficient (Wildman–Crippen LogP) is -0.615. The number of nitrogens with two attached hydrogens (primary N) is 1. The Balaban J connectivity index is 1.35. The van der Waals surface area contributed by atoms with Gasteiger partial charge in [0.2, 0.25) is 5.91 Å².